The van der Waals surface area contributed by atoms with Gasteiger partial charge in [-0.1, -0.05) is 133 Å². The molecule has 1 heterocycles. The van der Waals surface area contributed by atoms with Crippen LogP contribution in [-0.2, 0) is 30.5 Å². The van der Waals surface area contributed by atoms with Crippen LogP contribution in [0.15, 0.2) is 28.1 Å². The van der Waals surface area contributed by atoms with Crippen LogP contribution >= 0.6 is 35.0 Å². The third-order valence-corrected chi connectivity index (χ3v) is 11.3. The third kappa shape index (κ3) is 19.0. The highest BCUT2D eigenvalue weighted by atomic mass is 35.5. The van der Waals surface area contributed by atoms with E-state index in [0.29, 0.717) is 42.8 Å². The van der Waals surface area contributed by atoms with Gasteiger partial charge < -0.3 is 14.2 Å². The molecular formula is C37H60Cl2N2O5SSi. The SMILES string of the molecule is Cc1nc(C(C)C)c(Sc2cc(Cl)cc(Cl)c2)n1COCCOC(=O)CCCCCCCCCCCCCCC(=O)OCC[Si](C)(C)C. The molecular weight excluding hydrogens is 683 g/mol. The van der Waals surface area contributed by atoms with E-state index in [0.717, 1.165) is 59.6 Å². The van der Waals surface area contributed by atoms with E-state index in [9.17, 15) is 9.59 Å². The summed E-state index contributed by atoms with van der Waals surface area (Å²) in [5.74, 6) is 0.915. The molecule has 0 atom stereocenters. The van der Waals surface area contributed by atoms with Crippen LogP contribution in [0.1, 0.15) is 121 Å². The average Bonchev–Trinajstić information content (AvgIpc) is 3.30. The first-order valence-corrected chi connectivity index (χ1v) is 23.2. The number of carbonyl (C=O) groups excluding carboxylic acids is 2. The molecule has 0 N–H and O–H groups in total. The van der Waals surface area contributed by atoms with Gasteiger partial charge in [0.1, 0.15) is 24.2 Å². The minimum Gasteiger partial charge on any atom is -0.466 e. The highest BCUT2D eigenvalue weighted by Crippen LogP contribution is 2.37. The molecule has 0 saturated heterocycles. The average molecular weight is 744 g/mol. The Hall–Kier alpha value is -1.52. The molecule has 0 radical (unpaired) electrons. The maximum absolute atomic E-state index is 12.2. The summed E-state index contributed by atoms with van der Waals surface area (Å²) in [4.78, 5) is 29.7. The molecule has 1 aromatic heterocycles. The molecule has 7 nitrogen and oxygen atoms in total. The number of nitrogens with zero attached hydrogens (tertiary/aromatic N) is 2. The summed E-state index contributed by atoms with van der Waals surface area (Å²) < 4.78 is 18.7. The van der Waals surface area contributed by atoms with Crippen molar-refractivity contribution in [3.8, 4) is 0 Å². The van der Waals surface area contributed by atoms with E-state index in [1.165, 1.54) is 44.9 Å². The molecule has 1 aromatic carbocycles. The number of imidazole rings is 1. The second kappa shape index (κ2) is 23.8. The molecule has 0 fully saturated rings. The van der Waals surface area contributed by atoms with Crippen LogP contribution in [-0.4, -0.2) is 49.4 Å². The number of hydrogen-bond donors (Lipinski definition) is 0. The van der Waals surface area contributed by atoms with Crippen LogP contribution in [0.2, 0.25) is 35.7 Å². The highest BCUT2D eigenvalue weighted by Gasteiger charge is 2.19. The zero-order valence-electron chi connectivity index (χ0n) is 30.3. The van der Waals surface area contributed by atoms with Crippen molar-refractivity contribution < 1.29 is 23.8 Å². The van der Waals surface area contributed by atoms with Gasteiger partial charge >= 0.3 is 11.9 Å². The lowest BCUT2D eigenvalue weighted by molar-refractivity contribution is -0.146. The fraction of sp³-hybridized carbons (Fsp3) is 0.703. The van der Waals surface area contributed by atoms with Crippen LogP contribution in [0.25, 0.3) is 0 Å². The van der Waals surface area contributed by atoms with Gasteiger partial charge in [-0.15, -0.1) is 0 Å². The Morgan fingerprint density at radius 1 is 0.771 bits per heavy atom. The zero-order chi connectivity index (χ0) is 35.4. The van der Waals surface area contributed by atoms with Gasteiger partial charge in [-0.3, -0.25) is 14.2 Å². The van der Waals surface area contributed by atoms with Gasteiger partial charge in [-0.25, -0.2) is 4.98 Å². The van der Waals surface area contributed by atoms with Crippen LogP contribution in [0, 0.1) is 6.92 Å². The molecule has 0 aliphatic rings. The van der Waals surface area contributed by atoms with Crippen molar-refractivity contribution in [2.75, 3.05) is 19.8 Å². The number of halogens is 2. The highest BCUT2D eigenvalue weighted by molar-refractivity contribution is 7.99. The number of unbranched alkanes of at least 4 members (excludes halogenated alkanes) is 11. The number of esters is 2. The standard InChI is InChI=1S/C37H60Cl2N2O5SSi/c1-29(2)36-37(47-33-26-31(38)25-32(39)27-33)41(30(3)40-36)28-44-21-22-45-34(42)19-17-15-13-11-9-7-8-10-12-14-16-18-20-35(43)46-23-24-48(4,5)6/h25-27,29H,7-24,28H2,1-6H3. The minimum absolute atomic E-state index is 0.0282. The molecule has 0 spiro atoms. The van der Waals surface area contributed by atoms with Gasteiger partial charge in [0.15, 0.2) is 0 Å². The Morgan fingerprint density at radius 3 is 1.73 bits per heavy atom. The Balaban J connectivity index is 1.46. The fourth-order valence-electron chi connectivity index (χ4n) is 5.19. The van der Waals surface area contributed by atoms with Gasteiger partial charge in [0.2, 0.25) is 0 Å². The first kappa shape index (κ1) is 42.6. The molecule has 48 heavy (non-hydrogen) atoms. The summed E-state index contributed by atoms with van der Waals surface area (Å²) >= 11 is 14.0. The second-order valence-electron chi connectivity index (χ2n) is 14.2. The van der Waals surface area contributed by atoms with E-state index in [2.05, 4.69) is 33.5 Å². The number of carbonyl (C=O) groups is 2. The summed E-state index contributed by atoms with van der Waals surface area (Å²) in [7, 11) is -1.13. The third-order valence-electron chi connectivity index (χ3n) is 8.07. The maximum atomic E-state index is 12.2. The van der Waals surface area contributed by atoms with Crippen molar-refractivity contribution >= 4 is 55.0 Å². The predicted octanol–water partition coefficient (Wildman–Crippen LogP) is 11.6. The number of aryl methyl sites for hydroxylation is 1. The zero-order valence-corrected chi connectivity index (χ0v) is 33.7. The van der Waals surface area contributed by atoms with E-state index in [-0.39, 0.29) is 24.5 Å². The summed E-state index contributed by atoms with van der Waals surface area (Å²) in [5.41, 5.74) is 0.996. The largest absolute Gasteiger partial charge is 0.466 e. The lowest BCUT2D eigenvalue weighted by Crippen LogP contribution is -2.22. The fourth-order valence-corrected chi connectivity index (χ4v) is 7.84. The first-order valence-electron chi connectivity index (χ1n) is 18.0. The lowest BCUT2D eigenvalue weighted by atomic mass is 10.0. The van der Waals surface area contributed by atoms with Crippen molar-refractivity contribution in [2.24, 2.45) is 0 Å². The van der Waals surface area contributed by atoms with Crippen molar-refractivity contribution in [1.82, 2.24) is 9.55 Å². The second-order valence-corrected chi connectivity index (χ2v) is 21.7. The molecule has 0 unspecified atom stereocenters. The monoisotopic (exact) mass is 742 g/mol. The van der Waals surface area contributed by atoms with E-state index in [4.69, 9.17) is 42.4 Å². The maximum Gasteiger partial charge on any atom is 0.305 e. The van der Waals surface area contributed by atoms with Crippen molar-refractivity contribution in [3.05, 3.63) is 39.8 Å². The molecule has 0 aliphatic heterocycles. The quantitative estimate of drug-likeness (QED) is 0.0539. The normalized spacial score (nSPS) is 11.8. The molecule has 0 amide bonds. The minimum atomic E-state index is -1.13. The topological polar surface area (TPSA) is 79.7 Å². The molecule has 0 saturated carbocycles. The number of benzene rings is 1. The summed E-state index contributed by atoms with van der Waals surface area (Å²) in [6, 6.07) is 6.54. The summed E-state index contributed by atoms with van der Waals surface area (Å²) in [6.45, 7) is 14.6. The predicted molar refractivity (Wildman–Crippen MR) is 202 cm³/mol. The van der Waals surface area contributed by atoms with Gasteiger partial charge in [0.25, 0.3) is 0 Å². The van der Waals surface area contributed by atoms with Crippen LogP contribution < -0.4 is 0 Å². The van der Waals surface area contributed by atoms with Crippen LogP contribution in [0.5, 0.6) is 0 Å². The van der Waals surface area contributed by atoms with E-state index >= 15 is 0 Å². The molecule has 272 valence electrons. The Kier molecular flexibility index (Phi) is 21.1. The Bertz CT molecular complexity index is 1210. The molecule has 11 heteroatoms. The van der Waals surface area contributed by atoms with Crippen LogP contribution in [0.3, 0.4) is 0 Å². The number of hydrogen-bond acceptors (Lipinski definition) is 7. The van der Waals surface area contributed by atoms with Crippen LogP contribution in [0.4, 0.5) is 0 Å². The summed E-state index contributed by atoms with van der Waals surface area (Å²) in [5, 5.41) is 2.17. The Morgan fingerprint density at radius 2 is 1.25 bits per heavy atom. The summed E-state index contributed by atoms with van der Waals surface area (Å²) in [6.07, 6.45) is 14.9. The Labute approximate surface area is 305 Å². The molecule has 0 bridgehead atoms. The van der Waals surface area contributed by atoms with E-state index in [1.54, 1.807) is 17.8 Å². The van der Waals surface area contributed by atoms with Crippen molar-refractivity contribution in [3.63, 3.8) is 0 Å². The number of rotatable bonds is 26. The van der Waals surface area contributed by atoms with Gasteiger partial charge in [-0.2, -0.15) is 0 Å². The van der Waals surface area contributed by atoms with Gasteiger partial charge in [0.05, 0.1) is 18.9 Å². The smallest absolute Gasteiger partial charge is 0.305 e. The van der Waals surface area contributed by atoms with Gasteiger partial charge in [0, 0.05) is 35.9 Å². The molecule has 2 rings (SSSR count). The number of ether oxygens (including phenoxy) is 3. The van der Waals surface area contributed by atoms with Crippen molar-refractivity contribution in [2.45, 2.75) is 159 Å². The van der Waals surface area contributed by atoms with Gasteiger partial charge in [-0.05, 0) is 49.9 Å². The van der Waals surface area contributed by atoms with E-state index < -0.39 is 8.07 Å². The first-order chi connectivity index (χ1) is 22.9. The van der Waals surface area contributed by atoms with E-state index in [1.807, 2.05) is 23.6 Å². The molecule has 2 aromatic rings. The lowest BCUT2D eigenvalue weighted by Gasteiger charge is -2.15. The number of aromatic nitrogens is 2. The van der Waals surface area contributed by atoms with Crippen molar-refractivity contribution in [1.29, 1.82) is 0 Å². The molecule has 0 aliphatic carbocycles.